The van der Waals surface area contributed by atoms with Gasteiger partial charge < -0.3 is 10.6 Å². The van der Waals surface area contributed by atoms with Crippen molar-refractivity contribution < 1.29 is 0 Å². The first-order valence-electron chi connectivity index (χ1n) is 5.33. The number of nitrogens with zero attached hydrogens (tertiary/aromatic N) is 1. The van der Waals surface area contributed by atoms with Crippen LogP contribution in [0.1, 0.15) is 19.8 Å². The zero-order valence-corrected chi connectivity index (χ0v) is 9.48. The third kappa shape index (κ3) is 4.89. The molecule has 0 aromatic carbocycles. The Labute approximate surface area is 86.2 Å². The average molecular weight is 202 g/mol. The highest BCUT2D eigenvalue weighted by atomic mass is 32.2. The van der Waals surface area contributed by atoms with E-state index in [0.29, 0.717) is 5.92 Å². The molecule has 0 amide bonds. The van der Waals surface area contributed by atoms with E-state index >= 15 is 0 Å². The van der Waals surface area contributed by atoms with E-state index < -0.39 is 0 Å². The standard InChI is InChI=1S/C10H22N2S/c1-10(9-11)3-5-12-4-2-7-13-8-6-12/h10H,2-9,11H2,1H3. The van der Waals surface area contributed by atoms with E-state index in [2.05, 4.69) is 23.6 Å². The highest BCUT2D eigenvalue weighted by molar-refractivity contribution is 7.99. The first-order valence-corrected chi connectivity index (χ1v) is 6.48. The van der Waals surface area contributed by atoms with Gasteiger partial charge >= 0.3 is 0 Å². The van der Waals surface area contributed by atoms with Crippen molar-refractivity contribution in [2.45, 2.75) is 19.8 Å². The van der Waals surface area contributed by atoms with Gasteiger partial charge in [-0.25, -0.2) is 0 Å². The van der Waals surface area contributed by atoms with E-state index in [9.17, 15) is 0 Å². The van der Waals surface area contributed by atoms with Gasteiger partial charge in [-0.1, -0.05) is 6.92 Å². The molecule has 1 aliphatic heterocycles. The highest BCUT2D eigenvalue weighted by Gasteiger charge is 2.09. The smallest absolute Gasteiger partial charge is 0.00723 e. The molecule has 2 nitrogen and oxygen atoms in total. The molecule has 1 rings (SSSR count). The second-order valence-corrected chi connectivity index (χ2v) is 5.16. The first-order chi connectivity index (χ1) is 6.33. The van der Waals surface area contributed by atoms with Crippen molar-refractivity contribution in [3.05, 3.63) is 0 Å². The van der Waals surface area contributed by atoms with Crippen LogP contribution in [0.2, 0.25) is 0 Å². The minimum Gasteiger partial charge on any atom is -0.330 e. The summed E-state index contributed by atoms with van der Waals surface area (Å²) in [5.74, 6) is 3.36. The molecule has 13 heavy (non-hydrogen) atoms. The Balaban J connectivity index is 2.11. The summed E-state index contributed by atoms with van der Waals surface area (Å²) < 4.78 is 0. The summed E-state index contributed by atoms with van der Waals surface area (Å²) in [6.07, 6.45) is 2.63. The van der Waals surface area contributed by atoms with Gasteiger partial charge in [0.25, 0.3) is 0 Å². The molecule has 0 aromatic rings. The summed E-state index contributed by atoms with van der Waals surface area (Å²) in [6, 6.07) is 0. The number of hydrogen-bond donors (Lipinski definition) is 1. The molecule has 3 heteroatoms. The van der Waals surface area contributed by atoms with Crippen molar-refractivity contribution >= 4 is 11.8 Å². The molecule has 0 aliphatic carbocycles. The molecule has 1 aliphatic rings. The maximum atomic E-state index is 5.60. The summed E-state index contributed by atoms with van der Waals surface area (Å²) >= 11 is 2.09. The van der Waals surface area contributed by atoms with Gasteiger partial charge in [-0.2, -0.15) is 11.8 Å². The second kappa shape index (κ2) is 6.68. The van der Waals surface area contributed by atoms with Crippen LogP contribution in [0.4, 0.5) is 0 Å². The second-order valence-electron chi connectivity index (χ2n) is 3.94. The molecule has 0 radical (unpaired) electrons. The molecular formula is C10H22N2S. The summed E-state index contributed by atoms with van der Waals surface area (Å²) in [5.41, 5.74) is 5.60. The molecule has 0 saturated carbocycles. The average Bonchev–Trinajstić information content (AvgIpc) is 2.42. The van der Waals surface area contributed by atoms with Gasteiger partial charge in [0.15, 0.2) is 0 Å². The van der Waals surface area contributed by atoms with Crippen LogP contribution in [-0.4, -0.2) is 42.6 Å². The topological polar surface area (TPSA) is 29.3 Å². The highest BCUT2D eigenvalue weighted by Crippen LogP contribution is 2.11. The lowest BCUT2D eigenvalue weighted by Crippen LogP contribution is -2.29. The molecule has 0 spiro atoms. The molecule has 1 heterocycles. The minimum atomic E-state index is 0.691. The van der Waals surface area contributed by atoms with E-state index in [1.54, 1.807) is 0 Å². The van der Waals surface area contributed by atoms with E-state index in [1.807, 2.05) is 0 Å². The van der Waals surface area contributed by atoms with Crippen LogP contribution < -0.4 is 5.73 Å². The lowest BCUT2D eigenvalue weighted by atomic mass is 10.1. The fourth-order valence-corrected chi connectivity index (χ4v) is 2.47. The van der Waals surface area contributed by atoms with Gasteiger partial charge in [-0.3, -0.25) is 0 Å². The van der Waals surface area contributed by atoms with Crippen molar-refractivity contribution in [1.29, 1.82) is 0 Å². The minimum absolute atomic E-state index is 0.691. The molecule has 1 unspecified atom stereocenters. The molecule has 1 fully saturated rings. The normalized spacial score (nSPS) is 22.6. The molecule has 0 bridgehead atoms. The van der Waals surface area contributed by atoms with Crippen molar-refractivity contribution in [3.63, 3.8) is 0 Å². The number of nitrogens with two attached hydrogens (primary N) is 1. The zero-order valence-electron chi connectivity index (χ0n) is 8.67. The summed E-state index contributed by atoms with van der Waals surface area (Å²) in [6.45, 7) is 6.90. The van der Waals surface area contributed by atoms with E-state index in [4.69, 9.17) is 5.73 Å². The number of thioether (sulfide) groups is 1. The van der Waals surface area contributed by atoms with Crippen molar-refractivity contribution in [2.75, 3.05) is 37.7 Å². The summed E-state index contributed by atoms with van der Waals surface area (Å²) in [4.78, 5) is 2.59. The van der Waals surface area contributed by atoms with Gasteiger partial charge in [0.05, 0.1) is 0 Å². The molecule has 1 saturated heterocycles. The Morgan fingerprint density at radius 1 is 1.38 bits per heavy atom. The van der Waals surface area contributed by atoms with E-state index in [0.717, 1.165) is 6.54 Å². The Hall–Kier alpha value is 0.270. The molecular weight excluding hydrogens is 180 g/mol. The maximum absolute atomic E-state index is 5.60. The predicted octanol–water partition coefficient (Wildman–Crippen LogP) is 1.41. The van der Waals surface area contributed by atoms with Crippen LogP contribution >= 0.6 is 11.8 Å². The van der Waals surface area contributed by atoms with Gasteiger partial charge in [0.2, 0.25) is 0 Å². The Kier molecular flexibility index (Phi) is 5.83. The van der Waals surface area contributed by atoms with Gasteiger partial charge in [0.1, 0.15) is 0 Å². The van der Waals surface area contributed by atoms with E-state index in [1.165, 1.54) is 44.0 Å². The van der Waals surface area contributed by atoms with E-state index in [-0.39, 0.29) is 0 Å². The molecule has 1 atom stereocenters. The zero-order chi connectivity index (χ0) is 9.52. The largest absolute Gasteiger partial charge is 0.330 e. The molecule has 2 N–H and O–H groups in total. The van der Waals surface area contributed by atoms with Crippen LogP contribution in [0, 0.1) is 5.92 Å². The predicted molar refractivity (Wildman–Crippen MR) is 61.2 cm³/mol. The maximum Gasteiger partial charge on any atom is 0.00723 e. The first kappa shape index (κ1) is 11.3. The van der Waals surface area contributed by atoms with Crippen LogP contribution in [-0.2, 0) is 0 Å². The summed E-state index contributed by atoms with van der Waals surface area (Å²) in [7, 11) is 0. The number of hydrogen-bond acceptors (Lipinski definition) is 3. The van der Waals surface area contributed by atoms with Crippen molar-refractivity contribution in [3.8, 4) is 0 Å². The van der Waals surface area contributed by atoms with Gasteiger partial charge in [0, 0.05) is 12.3 Å². The lowest BCUT2D eigenvalue weighted by molar-refractivity contribution is 0.274. The van der Waals surface area contributed by atoms with Crippen molar-refractivity contribution in [2.24, 2.45) is 11.7 Å². The van der Waals surface area contributed by atoms with Crippen LogP contribution in [0.15, 0.2) is 0 Å². The Morgan fingerprint density at radius 2 is 2.23 bits per heavy atom. The monoisotopic (exact) mass is 202 g/mol. The SMILES string of the molecule is CC(CN)CCN1CCCSCC1. The van der Waals surface area contributed by atoms with Crippen LogP contribution in [0.25, 0.3) is 0 Å². The van der Waals surface area contributed by atoms with Gasteiger partial charge in [-0.05, 0) is 44.1 Å². The fraction of sp³-hybridized carbons (Fsp3) is 1.00. The van der Waals surface area contributed by atoms with Crippen molar-refractivity contribution in [1.82, 2.24) is 4.90 Å². The Morgan fingerprint density at radius 3 is 3.00 bits per heavy atom. The third-order valence-corrected chi connectivity index (χ3v) is 3.70. The Bertz CT molecular complexity index is 122. The van der Waals surface area contributed by atoms with Crippen LogP contribution in [0.3, 0.4) is 0 Å². The van der Waals surface area contributed by atoms with Crippen LogP contribution in [0.5, 0.6) is 0 Å². The quantitative estimate of drug-likeness (QED) is 0.747. The van der Waals surface area contributed by atoms with Gasteiger partial charge in [-0.15, -0.1) is 0 Å². The third-order valence-electron chi connectivity index (χ3n) is 2.66. The summed E-state index contributed by atoms with van der Waals surface area (Å²) in [5, 5.41) is 0. The molecule has 0 aromatic heterocycles. The fourth-order valence-electron chi connectivity index (χ4n) is 1.54. The number of rotatable bonds is 4. The molecule has 78 valence electrons. The lowest BCUT2D eigenvalue weighted by Gasteiger charge is -2.20.